The largest absolute Gasteiger partial charge is 0.756 e. The van der Waals surface area contributed by atoms with Crippen LogP contribution in [-0.2, 0) is 27.9 Å². The Hall–Kier alpha value is -0.500. The highest BCUT2D eigenvalue weighted by Gasteiger charge is 2.20. The van der Waals surface area contributed by atoms with Gasteiger partial charge >= 0.3 is 5.97 Å². The highest BCUT2D eigenvalue weighted by Crippen LogP contribution is 2.38. The van der Waals surface area contributed by atoms with Crippen LogP contribution in [0.5, 0.6) is 0 Å². The Balaban J connectivity index is 4.21. The van der Waals surface area contributed by atoms with E-state index in [9.17, 15) is 14.3 Å². The van der Waals surface area contributed by atoms with Gasteiger partial charge in [0, 0.05) is 13.0 Å². The van der Waals surface area contributed by atoms with Crippen LogP contribution < -0.4 is 4.89 Å². The number of nitrogens with zero attached hydrogens (tertiary/aromatic N) is 1. The molecule has 9 heteroatoms. The number of esters is 1. The van der Waals surface area contributed by atoms with Crippen molar-refractivity contribution in [3.05, 3.63) is 0 Å². The van der Waals surface area contributed by atoms with E-state index in [0.29, 0.717) is 24.1 Å². The third-order valence-electron chi connectivity index (χ3n) is 8.41. The van der Waals surface area contributed by atoms with Gasteiger partial charge in [-0.15, -0.1) is 0 Å². The Morgan fingerprint density at radius 3 is 1.43 bits per heavy atom. The molecule has 0 saturated heterocycles. The molecule has 0 aromatic rings. The molecule has 8 nitrogen and oxygen atoms in total. The van der Waals surface area contributed by atoms with E-state index in [-0.39, 0.29) is 25.8 Å². The van der Waals surface area contributed by atoms with E-state index in [1.807, 2.05) is 21.1 Å². The number of hydrogen-bond acceptors (Lipinski definition) is 7. The van der Waals surface area contributed by atoms with Gasteiger partial charge in [0.1, 0.15) is 19.3 Å². The van der Waals surface area contributed by atoms with Crippen LogP contribution in [0, 0.1) is 0 Å². The zero-order chi connectivity index (χ0) is 34.2. The summed E-state index contributed by atoms with van der Waals surface area (Å²) in [6.07, 6.45) is 29.6. The molecular weight excluding hydrogens is 601 g/mol. The van der Waals surface area contributed by atoms with Crippen LogP contribution in [0.1, 0.15) is 174 Å². The zero-order valence-electron chi connectivity index (χ0n) is 31.0. The van der Waals surface area contributed by atoms with Crippen molar-refractivity contribution in [2.45, 2.75) is 180 Å². The van der Waals surface area contributed by atoms with E-state index in [4.69, 9.17) is 18.5 Å². The lowest BCUT2D eigenvalue weighted by atomic mass is 10.0. The molecule has 0 amide bonds. The first-order valence-electron chi connectivity index (χ1n) is 19.3. The number of unbranched alkanes of at least 4 members (excludes halogenated alkanes) is 22. The molecule has 2 unspecified atom stereocenters. The van der Waals surface area contributed by atoms with Gasteiger partial charge in [0.25, 0.3) is 7.82 Å². The second-order valence-corrected chi connectivity index (χ2v) is 15.7. The number of hydrogen-bond donors (Lipinski definition) is 0. The Labute approximate surface area is 285 Å². The minimum Gasteiger partial charge on any atom is -0.756 e. The predicted molar refractivity (Wildman–Crippen MR) is 190 cm³/mol. The van der Waals surface area contributed by atoms with E-state index in [1.165, 1.54) is 122 Å². The Morgan fingerprint density at radius 1 is 0.587 bits per heavy atom. The summed E-state index contributed by atoms with van der Waals surface area (Å²) < 4.78 is 34.4. The van der Waals surface area contributed by atoms with Gasteiger partial charge < -0.3 is 27.9 Å². The fourth-order valence-corrected chi connectivity index (χ4v) is 6.10. The standard InChI is InChI=1S/C37H76NO7P/c1-6-8-10-12-14-16-17-18-19-20-21-23-25-27-29-32-42-34-36(35-44-46(40,41)43-33-31-38(3,4)5)45-37(39)30-28-26-24-22-15-13-11-9-7-2/h36H,6-35H2,1-5H3. The molecule has 2 atom stereocenters. The van der Waals surface area contributed by atoms with Gasteiger partial charge in [0.15, 0.2) is 0 Å². The first kappa shape index (κ1) is 45.5. The van der Waals surface area contributed by atoms with Crippen molar-refractivity contribution in [2.75, 3.05) is 54.1 Å². The molecule has 0 aliphatic rings. The van der Waals surface area contributed by atoms with Gasteiger partial charge in [0.2, 0.25) is 0 Å². The molecule has 0 bridgehead atoms. The fraction of sp³-hybridized carbons (Fsp3) is 0.973. The summed E-state index contributed by atoms with van der Waals surface area (Å²) in [5.74, 6) is -0.334. The van der Waals surface area contributed by atoms with Crippen LogP contribution in [0.15, 0.2) is 0 Å². The number of rotatable bonds is 36. The van der Waals surface area contributed by atoms with Gasteiger partial charge in [0.05, 0.1) is 34.4 Å². The van der Waals surface area contributed by atoms with Crippen LogP contribution in [-0.4, -0.2) is 70.7 Å². The lowest BCUT2D eigenvalue weighted by Gasteiger charge is -2.28. The average molecular weight is 678 g/mol. The van der Waals surface area contributed by atoms with Crippen molar-refractivity contribution < 1.29 is 37.3 Å². The van der Waals surface area contributed by atoms with Crippen LogP contribution in [0.4, 0.5) is 0 Å². The molecule has 46 heavy (non-hydrogen) atoms. The Bertz CT molecular complexity index is 716. The molecule has 0 aliphatic carbocycles. The highest BCUT2D eigenvalue weighted by atomic mass is 31.2. The van der Waals surface area contributed by atoms with Gasteiger partial charge in [-0.2, -0.15) is 0 Å². The van der Waals surface area contributed by atoms with Gasteiger partial charge in [-0.1, -0.05) is 155 Å². The molecule has 0 aromatic carbocycles. The predicted octanol–water partition coefficient (Wildman–Crippen LogP) is 9.91. The monoisotopic (exact) mass is 678 g/mol. The van der Waals surface area contributed by atoms with E-state index >= 15 is 0 Å². The third-order valence-corrected chi connectivity index (χ3v) is 9.37. The van der Waals surface area contributed by atoms with Crippen molar-refractivity contribution in [3.63, 3.8) is 0 Å². The minimum absolute atomic E-state index is 0.0308. The number of phosphoric acid groups is 1. The van der Waals surface area contributed by atoms with E-state index < -0.39 is 13.9 Å². The second kappa shape index (κ2) is 31.7. The molecule has 0 fully saturated rings. The molecule has 276 valence electrons. The fourth-order valence-electron chi connectivity index (χ4n) is 5.37. The van der Waals surface area contributed by atoms with Gasteiger partial charge in [-0.05, 0) is 12.8 Å². The maximum absolute atomic E-state index is 12.5. The normalized spacial score (nSPS) is 14.0. The Kier molecular flexibility index (Phi) is 31.4. The molecule has 0 aliphatic heterocycles. The lowest BCUT2D eigenvalue weighted by Crippen LogP contribution is -2.37. The minimum atomic E-state index is -4.50. The smallest absolute Gasteiger partial charge is 0.306 e. The number of phosphoric ester groups is 1. The third kappa shape index (κ3) is 34.8. The SMILES string of the molecule is CCCCCCCCCCCCCCCCCOCC(COP(=O)([O-])OCC[N+](C)(C)C)OC(=O)CCCCCCCCCCC. The summed E-state index contributed by atoms with van der Waals surface area (Å²) in [4.78, 5) is 24.8. The van der Waals surface area contributed by atoms with E-state index in [0.717, 1.165) is 32.1 Å². The van der Waals surface area contributed by atoms with Gasteiger partial charge in [-0.25, -0.2) is 0 Å². The quantitative estimate of drug-likeness (QED) is 0.0282. The first-order valence-corrected chi connectivity index (χ1v) is 20.7. The van der Waals surface area contributed by atoms with E-state index in [2.05, 4.69) is 13.8 Å². The van der Waals surface area contributed by atoms with Gasteiger partial charge in [-0.3, -0.25) is 9.36 Å². The van der Waals surface area contributed by atoms with E-state index in [1.54, 1.807) is 0 Å². The maximum Gasteiger partial charge on any atom is 0.306 e. The molecule has 0 heterocycles. The molecule has 0 rings (SSSR count). The average Bonchev–Trinajstić information content (AvgIpc) is 2.99. The molecule has 0 saturated carbocycles. The van der Waals surface area contributed by atoms with Crippen LogP contribution >= 0.6 is 7.82 Å². The summed E-state index contributed by atoms with van der Waals surface area (Å²) in [5, 5.41) is 0. The maximum atomic E-state index is 12.5. The lowest BCUT2D eigenvalue weighted by molar-refractivity contribution is -0.870. The molecular formula is C37H76NO7P. The summed E-state index contributed by atoms with van der Waals surface area (Å²) in [6.45, 7) is 5.42. The molecule has 0 radical (unpaired) electrons. The van der Waals surface area contributed by atoms with Crippen LogP contribution in [0.2, 0.25) is 0 Å². The van der Waals surface area contributed by atoms with Crippen molar-refractivity contribution in [1.82, 2.24) is 0 Å². The van der Waals surface area contributed by atoms with Crippen molar-refractivity contribution >= 4 is 13.8 Å². The number of quaternary nitrogens is 1. The molecule has 0 aromatic heterocycles. The summed E-state index contributed by atoms with van der Waals surface area (Å²) in [5.41, 5.74) is 0. The Morgan fingerprint density at radius 2 is 1.00 bits per heavy atom. The number of carbonyl (C=O) groups excluding carboxylic acids is 1. The summed E-state index contributed by atoms with van der Waals surface area (Å²) in [7, 11) is 1.37. The van der Waals surface area contributed by atoms with Crippen LogP contribution in [0.25, 0.3) is 0 Å². The summed E-state index contributed by atoms with van der Waals surface area (Å²) in [6, 6.07) is 0. The van der Waals surface area contributed by atoms with Crippen molar-refractivity contribution in [2.24, 2.45) is 0 Å². The number of carbonyl (C=O) groups is 1. The summed E-state index contributed by atoms with van der Waals surface area (Å²) >= 11 is 0. The molecule has 0 N–H and O–H groups in total. The topological polar surface area (TPSA) is 94.1 Å². The molecule has 0 spiro atoms. The van der Waals surface area contributed by atoms with Crippen molar-refractivity contribution in [3.8, 4) is 0 Å². The van der Waals surface area contributed by atoms with Crippen LogP contribution in [0.3, 0.4) is 0 Å². The first-order chi connectivity index (χ1) is 22.1. The zero-order valence-corrected chi connectivity index (χ0v) is 31.9. The highest BCUT2D eigenvalue weighted by molar-refractivity contribution is 7.45. The second-order valence-electron chi connectivity index (χ2n) is 14.3. The van der Waals surface area contributed by atoms with Crippen molar-refractivity contribution in [1.29, 1.82) is 0 Å². The number of ether oxygens (including phenoxy) is 2. The number of likely N-dealkylation sites (N-methyl/N-ethyl adjacent to an activating group) is 1.